The molecule has 2 N–H and O–H groups in total. The zero-order valence-corrected chi connectivity index (χ0v) is 17.7. The van der Waals surface area contributed by atoms with E-state index in [-0.39, 0.29) is 12.5 Å². The molecule has 0 spiro atoms. The lowest BCUT2D eigenvalue weighted by Gasteiger charge is -2.09. The fourth-order valence-electron chi connectivity index (χ4n) is 3.39. The Morgan fingerprint density at radius 1 is 1.19 bits per heavy atom. The average molecular weight is 414 g/mol. The highest BCUT2D eigenvalue weighted by Crippen LogP contribution is 2.29. The molecule has 31 heavy (non-hydrogen) atoms. The molecule has 0 radical (unpaired) electrons. The SMILES string of the molecule is Bc1cc(C(C)O)c2oc(-c3ccc(NC(=O)COc4ccccc4C)cc3)nc2c1. The van der Waals surface area contributed by atoms with E-state index in [0.717, 1.165) is 16.6 Å². The molecule has 0 saturated heterocycles. The van der Waals surface area contributed by atoms with E-state index in [1.165, 1.54) is 0 Å². The van der Waals surface area contributed by atoms with Crippen LogP contribution in [0.3, 0.4) is 0 Å². The van der Waals surface area contributed by atoms with Crippen molar-refractivity contribution in [1.29, 1.82) is 0 Å². The van der Waals surface area contributed by atoms with Crippen molar-refractivity contribution in [3.05, 3.63) is 71.8 Å². The molecule has 1 unspecified atom stereocenters. The number of aliphatic hydroxyl groups is 1. The minimum atomic E-state index is -0.650. The van der Waals surface area contributed by atoms with Crippen molar-refractivity contribution in [1.82, 2.24) is 4.98 Å². The molecular formula is C24H23BN2O4. The van der Waals surface area contributed by atoms with Crippen LogP contribution < -0.4 is 15.5 Å². The van der Waals surface area contributed by atoms with Gasteiger partial charge in [0, 0.05) is 16.8 Å². The molecule has 0 fully saturated rings. The number of hydrogen-bond donors (Lipinski definition) is 2. The molecule has 1 heterocycles. The van der Waals surface area contributed by atoms with Crippen LogP contribution in [-0.4, -0.2) is 30.5 Å². The van der Waals surface area contributed by atoms with E-state index in [1.807, 2.05) is 63.3 Å². The highest BCUT2D eigenvalue weighted by atomic mass is 16.5. The minimum Gasteiger partial charge on any atom is -0.483 e. The predicted octanol–water partition coefficient (Wildman–Crippen LogP) is 3.13. The number of nitrogens with one attached hydrogen (secondary N) is 1. The van der Waals surface area contributed by atoms with Crippen molar-refractivity contribution in [3.8, 4) is 17.2 Å². The van der Waals surface area contributed by atoms with Gasteiger partial charge >= 0.3 is 0 Å². The zero-order chi connectivity index (χ0) is 22.0. The summed E-state index contributed by atoms with van der Waals surface area (Å²) in [6, 6.07) is 18.6. The number of anilines is 1. The van der Waals surface area contributed by atoms with E-state index in [4.69, 9.17) is 9.15 Å². The van der Waals surface area contributed by atoms with Crippen molar-refractivity contribution in [2.24, 2.45) is 0 Å². The van der Waals surface area contributed by atoms with Gasteiger partial charge in [0.1, 0.15) is 19.1 Å². The summed E-state index contributed by atoms with van der Waals surface area (Å²) in [7, 11) is 1.96. The third-order valence-electron chi connectivity index (χ3n) is 4.98. The Hall–Kier alpha value is -3.58. The monoisotopic (exact) mass is 414 g/mol. The van der Waals surface area contributed by atoms with Gasteiger partial charge in [-0.15, -0.1) is 0 Å². The number of ether oxygens (including phenoxy) is 1. The lowest BCUT2D eigenvalue weighted by atomic mass is 9.92. The Balaban J connectivity index is 1.46. The van der Waals surface area contributed by atoms with Crippen LogP contribution in [0, 0.1) is 6.92 Å². The molecule has 4 aromatic rings. The summed E-state index contributed by atoms with van der Waals surface area (Å²) in [5.74, 6) is 0.911. The van der Waals surface area contributed by atoms with Gasteiger partial charge in [0.25, 0.3) is 5.91 Å². The molecule has 1 amide bonds. The Morgan fingerprint density at radius 2 is 1.94 bits per heavy atom. The van der Waals surface area contributed by atoms with Gasteiger partial charge in [0.2, 0.25) is 5.89 Å². The highest BCUT2D eigenvalue weighted by molar-refractivity contribution is 6.33. The summed E-state index contributed by atoms with van der Waals surface area (Å²) in [6.45, 7) is 3.57. The number of amides is 1. The van der Waals surface area contributed by atoms with Gasteiger partial charge in [-0.2, -0.15) is 0 Å². The third-order valence-corrected chi connectivity index (χ3v) is 4.98. The summed E-state index contributed by atoms with van der Waals surface area (Å²) in [4.78, 5) is 16.8. The van der Waals surface area contributed by atoms with E-state index < -0.39 is 6.10 Å². The molecule has 0 aliphatic carbocycles. The van der Waals surface area contributed by atoms with E-state index in [9.17, 15) is 9.90 Å². The number of carbonyl (C=O) groups is 1. The standard InChI is InChI=1S/C24H23BN2O4/c1-14-5-3-4-6-21(14)30-13-22(29)26-18-9-7-16(8-10-18)24-27-20-12-17(25)11-19(15(2)28)23(20)31-24/h3-12,15,28H,13,25H2,1-2H3,(H,26,29). The molecule has 0 aliphatic heterocycles. The number of para-hydroxylation sites is 1. The first-order valence-electron chi connectivity index (χ1n) is 10.1. The van der Waals surface area contributed by atoms with E-state index in [0.29, 0.717) is 34.0 Å². The van der Waals surface area contributed by atoms with Crippen LogP contribution in [0.25, 0.3) is 22.6 Å². The summed E-state index contributed by atoms with van der Waals surface area (Å²) < 4.78 is 11.5. The van der Waals surface area contributed by atoms with Crippen LogP contribution in [0.2, 0.25) is 0 Å². The number of hydrogen-bond acceptors (Lipinski definition) is 5. The van der Waals surface area contributed by atoms with Crippen molar-refractivity contribution >= 4 is 36.0 Å². The number of benzene rings is 3. The maximum absolute atomic E-state index is 12.2. The van der Waals surface area contributed by atoms with Crippen LogP contribution in [-0.2, 0) is 4.79 Å². The molecular weight excluding hydrogens is 391 g/mol. The molecule has 0 saturated carbocycles. The van der Waals surface area contributed by atoms with Gasteiger partial charge in [-0.25, -0.2) is 4.98 Å². The van der Waals surface area contributed by atoms with Gasteiger partial charge in [-0.05, 0) is 55.8 Å². The van der Waals surface area contributed by atoms with Crippen molar-refractivity contribution in [2.75, 3.05) is 11.9 Å². The largest absolute Gasteiger partial charge is 0.483 e. The first-order chi connectivity index (χ1) is 14.9. The fraction of sp³-hybridized carbons (Fsp3) is 0.167. The van der Waals surface area contributed by atoms with Crippen LogP contribution in [0.5, 0.6) is 5.75 Å². The maximum atomic E-state index is 12.2. The van der Waals surface area contributed by atoms with Gasteiger partial charge in [-0.1, -0.05) is 29.7 Å². The number of nitrogens with zero attached hydrogens (tertiary/aromatic N) is 1. The predicted molar refractivity (Wildman–Crippen MR) is 124 cm³/mol. The quantitative estimate of drug-likeness (QED) is 0.474. The molecule has 3 aromatic carbocycles. The highest BCUT2D eigenvalue weighted by Gasteiger charge is 2.15. The minimum absolute atomic E-state index is 0.0702. The topological polar surface area (TPSA) is 84.6 Å². The Labute approximate surface area is 181 Å². The van der Waals surface area contributed by atoms with Crippen molar-refractivity contribution in [2.45, 2.75) is 20.0 Å². The summed E-state index contributed by atoms with van der Waals surface area (Å²) in [5.41, 5.74) is 5.42. The molecule has 7 heteroatoms. The second-order valence-electron chi connectivity index (χ2n) is 7.58. The third kappa shape index (κ3) is 4.62. The van der Waals surface area contributed by atoms with E-state index in [1.54, 1.807) is 19.1 Å². The van der Waals surface area contributed by atoms with E-state index in [2.05, 4.69) is 10.3 Å². The number of aryl methyl sites for hydroxylation is 1. The first kappa shape index (κ1) is 20.7. The van der Waals surface area contributed by atoms with Gasteiger partial charge in [-0.3, -0.25) is 4.79 Å². The number of fused-ring (bicyclic) bond motifs is 1. The smallest absolute Gasteiger partial charge is 0.262 e. The Bertz CT molecular complexity index is 1230. The normalized spacial score (nSPS) is 12.0. The Kier molecular flexibility index (Phi) is 5.78. The van der Waals surface area contributed by atoms with Gasteiger partial charge in [0.15, 0.2) is 12.2 Å². The maximum Gasteiger partial charge on any atom is 0.262 e. The summed E-state index contributed by atoms with van der Waals surface area (Å²) >= 11 is 0. The number of carbonyl (C=O) groups excluding carboxylic acids is 1. The lowest BCUT2D eigenvalue weighted by molar-refractivity contribution is -0.118. The summed E-state index contributed by atoms with van der Waals surface area (Å²) in [5, 5.41) is 12.9. The molecule has 1 atom stereocenters. The number of aliphatic hydroxyl groups excluding tert-OH is 1. The lowest BCUT2D eigenvalue weighted by Crippen LogP contribution is -2.20. The fourth-order valence-corrected chi connectivity index (χ4v) is 3.39. The Morgan fingerprint density at radius 3 is 2.65 bits per heavy atom. The first-order valence-corrected chi connectivity index (χ1v) is 10.1. The van der Waals surface area contributed by atoms with Crippen molar-refractivity contribution in [3.63, 3.8) is 0 Å². The van der Waals surface area contributed by atoms with Crippen LogP contribution in [0.4, 0.5) is 5.69 Å². The molecule has 0 bridgehead atoms. The second-order valence-corrected chi connectivity index (χ2v) is 7.58. The van der Waals surface area contributed by atoms with Crippen molar-refractivity contribution < 1.29 is 19.1 Å². The number of aromatic nitrogens is 1. The number of oxazole rings is 1. The second kappa shape index (κ2) is 8.66. The average Bonchev–Trinajstić information content (AvgIpc) is 3.16. The molecule has 6 nitrogen and oxygen atoms in total. The van der Waals surface area contributed by atoms with Gasteiger partial charge in [0.05, 0.1) is 6.10 Å². The molecule has 1 aromatic heterocycles. The zero-order valence-electron chi connectivity index (χ0n) is 17.7. The molecule has 156 valence electrons. The van der Waals surface area contributed by atoms with Crippen LogP contribution in [0.15, 0.2) is 65.1 Å². The van der Waals surface area contributed by atoms with Crippen LogP contribution >= 0.6 is 0 Å². The van der Waals surface area contributed by atoms with E-state index >= 15 is 0 Å². The summed E-state index contributed by atoms with van der Waals surface area (Å²) in [6.07, 6.45) is -0.650. The molecule has 4 rings (SSSR count). The van der Waals surface area contributed by atoms with Crippen LogP contribution in [0.1, 0.15) is 24.2 Å². The van der Waals surface area contributed by atoms with Gasteiger partial charge < -0.3 is 19.6 Å². The molecule has 0 aliphatic rings. The number of rotatable bonds is 6.